The number of halogens is 1. The van der Waals surface area contributed by atoms with E-state index in [1.54, 1.807) is 0 Å². The highest BCUT2D eigenvalue weighted by molar-refractivity contribution is 6.40. The summed E-state index contributed by atoms with van der Waals surface area (Å²) in [6.45, 7) is 0.269. The van der Waals surface area contributed by atoms with Gasteiger partial charge < -0.3 is 15.3 Å². The predicted octanol–water partition coefficient (Wildman–Crippen LogP) is 1.48. The Kier molecular flexibility index (Phi) is 4.02. The molecule has 2 unspecified atom stereocenters. The molecule has 2 fully saturated rings. The number of hydrogen-bond acceptors (Lipinski definition) is 3. The maximum absolute atomic E-state index is 13.5. The summed E-state index contributed by atoms with van der Waals surface area (Å²) >= 11 is 0. The lowest BCUT2D eigenvalue weighted by atomic mass is 9.94. The van der Waals surface area contributed by atoms with Gasteiger partial charge in [0.15, 0.2) is 0 Å². The summed E-state index contributed by atoms with van der Waals surface area (Å²) in [4.78, 5) is 37.0. The maximum Gasteiger partial charge on any atom is 0.326 e. The molecule has 1 aliphatic heterocycles. The number of benzene rings is 1. The Morgan fingerprint density at radius 3 is 2.65 bits per heavy atom. The summed E-state index contributed by atoms with van der Waals surface area (Å²) in [7, 11) is 0. The fourth-order valence-electron chi connectivity index (χ4n) is 3.70. The van der Waals surface area contributed by atoms with E-state index in [1.165, 1.54) is 24.3 Å². The molecule has 1 heterocycles. The molecule has 3 rings (SSSR count). The van der Waals surface area contributed by atoms with Crippen molar-refractivity contribution in [3.05, 3.63) is 30.1 Å². The normalized spacial score (nSPS) is 26.0. The molecular formula is C16H17FN2O4. The second-order valence-corrected chi connectivity index (χ2v) is 6.03. The van der Waals surface area contributed by atoms with Crippen molar-refractivity contribution in [2.24, 2.45) is 11.8 Å². The van der Waals surface area contributed by atoms with E-state index >= 15 is 0 Å². The van der Waals surface area contributed by atoms with E-state index < -0.39 is 29.6 Å². The van der Waals surface area contributed by atoms with Crippen molar-refractivity contribution in [2.75, 3.05) is 11.9 Å². The number of carboxylic acid groups (broad SMARTS) is 1. The molecule has 2 N–H and O–H groups in total. The first kappa shape index (κ1) is 15.5. The number of aliphatic carboxylic acids is 1. The van der Waals surface area contributed by atoms with Crippen LogP contribution >= 0.6 is 0 Å². The van der Waals surface area contributed by atoms with Gasteiger partial charge in [-0.1, -0.05) is 18.6 Å². The minimum absolute atomic E-state index is 0.0993. The van der Waals surface area contributed by atoms with E-state index in [-0.39, 0.29) is 24.1 Å². The van der Waals surface area contributed by atoms with E-state index in [2.05, 4.69) is 5.32 Å². The molecule has 1 saturated heterocycles. The Morgan fingerprint density at radius 1 is 1.22 bits per heavy atom. The van der Waals surface area contributed by atoms with Gasteiger partial charge in [0.25, 0.3) is 0 Å². The van der Waals surface area contributed by atoms with Crippen molar-refractivity contribution < 1.29 is 23.9 Å². The minimum Gasteiger partial charge on any atom is -0.480 e. The number of likely N-dealkylation sites (tertiary alicyclic amines) is 1. The Morgan fingerprint density at radius 2 is 1.96 bits per heavy atom. The molecule has 2 aliphatic rings. The number of nitrogens with zero attached hydrogens (tertiary/aromatic N) is 1. The van der Waals surface area contributed by atoms with Gasteiger partial charge in [-0.05, 0) is 36.8 Å². The standard InChI is InChI=1S/C16H17FN2O4/c17-11-6-1-2-7-12(11)18-14(20)15(21)19-8-9-4-3-5-10(9)13(19)16(22)23/h1-2,6-7,9-10,13H,3-5,8H2,(H,18,20)(H,22,23)/t9-,10?,13?/m0/s1. The van der Waals surface area contributed by atoms with Crippen LogP contribution in [0.3, 0.4) is 0 Å². The number of hydrogen-bond donors (Lipinski definition) is 2. The molecule has 0 bridgehead atoms. The molecule has 3 atom stereocenters. The smallest absolute Gasteiger partial charge is 0.326 e. The summed E-state index contributed by atoms with van der Waals surface area (Å²) < 4.78 is 13.5. The molecular weight excluding hydrogens is 303 g/mol. The summed E-state index contributed by atoms with van der Waals surface area (Å²) in [5, 5.41) is 11.6. The van der Waals surface area contributed by atoms with Crippen molar-refractivity contribution in [1.82, 2.24) is 4.90 Å². The Balaban J connectivity index is 1.75. The number of para-hydroxylation sites is 1. The molecule has 1 aromatic rings. The van der Waals surface area contributed by atoms with Crippen molar-refractivity contribution in [2.45, 2.75) is 25.3 Å². The fourth-order valence-corrected chi connectivity index (χ4v) is 3.70. The lowest BCUT2D eigenvalue weighted by Gasteiger charge is -2.23. The zero-order valence-electron chi connectivity index (χ0n) is 12.4. The number of amides is 2. The van der Waals surface area contributed by atoms with Gasteiger partial charge in [0.1, 0.15) is 11.9 Å². The van der Waals surface area contributed by atoms with Gasteiger partial charge in [-0.25, -0.2) is 9.18 Å². The third-order valence-electron chi connectivity index (χ3n) is 4.72. The van der Waals surface area contributed by atoms with Crippen LogP contribution in [0.25, 0.3) is 0 Å². The number of rotatable bonds is 2. The van der Waals surface area contributed by atoms with Crippen LogP contribution < -0.4 is 5.32 Å². The summed E-state index contributed by atoms with van der Waals surface area (Å²) in [6.07, 6.45) is 2.57. The predicted molar refractivity (Wildman–Crippen MR) is 79.0 cm³/mol. The molecule has 1 aromatic carbocycles. The lowest BCUT2D eigenvalue weighted by Crippen LogP contribution is -2.47. The van der Waals surface area contributed by atoms with E-state index in [9.17, 15) is 23.9 Å². The minimum atomic E-state index is -1.09. The van der Waals surface area contributed by atoms with Gasteiger partial charge in [-0.15, -0.1) is 0 Å². The quantitative estimate of drug-likeness (QED) is 0.808. The van der Waals surface area contributed by atoms with Gasteiger partial charge >= 0.3 is 17.8 Å². The number of carboxylic acids is 1. The van der Waals surface area contributed by atoms with Crippen LogP contribution in [-0.2, 0) is 14.4 Å². The van der Waals surface area contributed by atoms with Gasteiger partial charge in [-0.2, -0.15) is 0 Å². The zero-order valence-corrected chi connectivity index (χ0v) is 12.4. The molecule has 1 saturated carbocycles. The SMILES string of the molecule is O=C(Nc1ccccc1F)C(=O)N1C[C@@H]2CCCC2C1C(=O)O. The van der Waals surface area contributed by atoms with Crippen LogP contribution in [0.1, 0.15) is 19.3 Å². The molecule has 0 spiro atoms. The first-order valence-corrected chi connectivity index (χ1v) is 7.58. The summed E-state index contributed by atoms with van der Waals surface area (Å²) in [6, 6.07) is 4.54. The Labute approximate surface area is 132 Å². The molecule has 0 radical (unpaired) electrons. The molecule has 0 aromatic heterocycles. The summed E-state index contributed by atoms with van der Waals surface area (Å²) in [5.41, 5.74) is -0.0999. The van der Waals surface area contributed by atoms with Gasteiger partial charge in [-0.3, -0.25) is 9.59 Å². The van der Waals surface area contributed by atoms with Gasteiger partial charge in [0.05, 0.1) is 5.69 Å². The highest BCUT2D eigenvalue weighted by atomic mass is 19.1. The van der Waals surface area contributed by atoms with Crippen molar-refractivity contribution in [3.8, 4) is 0 Å². The second-order valence-electron chi connectivity index (χ2n) is 6.03. The Bertz CT molecular complexity index is 663. The van der Waals surface area contributed by atoms with Crippen LogP contribution in [0.15, 0.2) is 24.3 Å². The third-order valence-corrected chi connectivity index (χ3v) is 4.72. The van der Waals surface area contributed by atoms with Crippen LogP contribution in [0.2, 0.25) is 0 Å². The molecule has 23 heavy (non-hydrogen) atoms. The fraction of sp³-hybridized carbons (Fsp3) is 0.438. The number of carbonyl (C=O) groups is 3. The first-order chi connectivity index (χ1) is 11.0. The van der Waals surface area contributed by atoms with Crippen LogP contribution in [0.5, 0.6) is 0 Å². The molecule has 7 heteroatoms. The monoisotopic (exact) mass is 320 g/mol. The third kappa shape index (κ3) is 2.78. The molecule has 1 aliphatic carbocycles. The maximum atomic E-state index is 13.5. The molecule has 2 amide bonds. The highest BCUT2D eigenvalue weighted by Crippen LogP contribution is 2.42. The van der Waals surface area contributed by atoms with E-state index in [4.69, 9.17) is 0 Å². The first-order valence-electron chi connectivity index (χ1n) is 7.58. The van der Waals surface area contributed by atoms with E-state index in [1.807, 2.05) is 0 Å². The lowest BCUT2D eigenvalue weighted by molar-refractivity contribution is -0.152. The van der Waals surface area contributed by atoms with Crippen molar-refractivity contribution in [1.29, 1.82) is 0 Å². The average Bonchev–Trinajstić information content (AvgIpc) is 3.08. The number of fused-ring (bicyclic) bond motifs is 1. The molecule has 6 nitrogen and oxygen atoms in total. The molecule has 122 valence electrons. The number of carbonyl (C=O) groups excluding carboxylic acids is 2. The zero-order chi connectivity index (χ0) is 16.6. The van der Waals surface area contributed by atoms with Crippen LogP contribution in [0.4, 0.5) is 10.1 Å². The van der Waals surface area contributed by atoms with E-state index in [0.29, 0.717) is 0 Å². The van der Waals surface area contributed by atoms with Crippen molar-refractivity contribution >= 4 is 23.5 Å². The van der Waals surface area contributed by atoms with E-state index in [0.717, 1.165) is 24.2 Å². The topological polar surface area (TPSA) is 86.7 Å². The summed E-state index contributed by atoms with van der Waals surface area (Å²) in [5.74, 6) is -3.65. The van der Waals surface area contributed by atoms with Crippen molar-refractivity contribution in [3.63, 3.8) is 0 Å². The van der Waals surface area contributed by atoms with Gasteiger partial charge in [0, 0.05) is 6.54 Å². The largest absolute Gasteiger partial charge is 0.480 e. The van der Waals surface area contributed by atoms with Crippen LogP contribution in [-0.4, -0.2) is 40.4 Å². The Hall–Kier alpha value is -2.44. The van der Waals surface area contributed by atoms with Gasteiger partial charge in [0.2, 0.25) is 0 Å². The highest BCUT2D eigenvalue weighted by Gasteiger charge is 2.50. The average molecular weight is 320 g/mol. The number of nitrogens with one attached hydrogen (secondary N) is 1. The number of anilines is 1. The van der Waals surface area contributed by atoms with Crippen LogP contribution in [0, 0.1) is 17.7 Å². The second kappa shape index (κ2) is 5.98.